The van der Waals surface area contributed by atoms with Crippen LogP contribution in [0.15, 0.2) is 88.6 Å². The Morgan fingerprint density at radius 1 is 1.06 bits per heavy atom. The summed E-state index contributed by atoms with van der Waals surface area (Å²) >= 11 is 3.41. The zero-order valence-electron chi connectivity index (χ0n) is 16.9. The van der Waals surface area contributed by atoms with Gasteiger partial charge in [0.05, 0.1) is 16.8 Å². The predicted octanol–water partition coefficient (Wildman–Crippen LogP) is 4.68. The van der Waals surface area contributed by atoms with Crippen LogP contribution in [0.5, 0.6) is 5.75 Å². The number of aromatic hydroxyl groups is 1. The second-order valence-corrected chi connectivity index (χ2v) is 7.82. The Kier molecular flexibility index (Phi) is 6.27. The molecule has 1 amide bonds. The first kappa shape index (κ1) is 21.9. The van der Waals surface area contributed by atoms with Crippen molar-refractivity contribution in [2.24, 2.45) is 5.10 Å². The van der Waals surface area contributed by atoms with E-state index in [9.17, 15) is 20.0 Å². The molecular weight excluding hydrogens is 490 g/mol. The van der Waals surface area contributed by atoms with E-state index in [0.29, 0.717) is 22.5 Å². The number of phenols is 1. The number of hydrazone groups is 1. The highest BCUT2D eigenvalue weighted by Crippen LogP contribution is 2.25. The molecule has 164 valence electrons. The van der Waals surface area contributed by atoms with E-state index in [1.807, 2.05) is 24.3 Å². The van der Waals surface area contributed by atoms with Crippen molar-refractivity contribution < 1.29 is 14.8 Å². The van der Waals surface area contributed by atoms with Crippen LogP contribution in [0.2, 0.25) is 0 Å². The zero-order valence-corrected chi connectivity index (χ0v) is 18.5. The molecule has 0 spiro atoms. The van der Waals surface area contributed by atoms with Gasteiger partial charge in [-0.25, -0.2) is 10.1 Å². The molecule has 3 aromatic carbocycles. The van der Waals surface area contributed by atoms with E-state index in [1.54, 1.807) is 23.0 Å². The maximum absolute atomic E-state index is 12.3. The minimum absolute atomic E-state index is 0.0160. The first-order valence-corrected chi connectivity index (χ1v) is 10.4. The molecule has 33 heavy (non-hydrogen) atoms. The third kappa shape index (κ3) is 5.13. The summed E-state index contributed by atoms with van der Waals surface area (Å²) in [5.41, 5.74) is 5.48. The van der Waals surface area contributed by atoms with Crippen LogP contribution in [0, 0.1) is 10.1 Å². The monoisotopic (exact) mass is 505 g/mol. The van der Waals surface area contributed by atoms with Gasteiger partial charge in [0.1, 0.15) is 11.4 Å². The number of aromatic nitrogens is 2. The standard InChI is InChI=1S/C23H16BrN5O4/c24-18-5-1-15(2-6-18)22-17(13-25-26-23(31)16-3-11-21(30)12-4-16)14-28(27-22)19-7-9-20(10-8-19)29(32)33/h1-14,30H,(H,26,31)/b25-13-. The van der Waals surface area contributed by atoms with Gasteiger partial charge in [0.25, 0.3) is 11.6 Å². The van der Waals surface area contributed by atoms with Gasteiger partial charge in [-0.2, -0.15) is 10.2 Å². The van der Waals surface area contributed by atoms with Crippen LogP contribution >= 0.6 is 15.9 Å². The highest BCUT2D eigenvalue weighted by Gasteiger charge is 2.13. The number of hydrogen-bond donors (Lipinski definition) is 2. The molecule has 0 radical (unpaired) electrons. The number of carbonyl (C=O) groups excluding carboxylic acids is 1. The molecule has 0 saturated carbocycles. The van der Waals surface area contributed by atoms with E-state index in [4.69, 9.17) is 0 Å². The molecule has 9 nitrogen and oxygen atoms in total. The van der Waals surface area contributed by atoms with Crippen LogP contribution in [0.3, 0.4) is 0 Å². The summed E-state index contributed by atoms with van der Waals surface area (Å²) in [5, 5.41) is 28.9. The Labute approximate surface area is 196 Å². The molecule has 4 rings (SSSR count). The average molecular weight is 506 g/mol. The van der Waals surface area contributed by atoms with Crippen LogP contribution in [-0.2, 0) is 0 Å². The molecule has 1 aromatic heterocycles. The molecule has 2 N–H and O–H groups in total. The van der Waals surface area contributed by atoms with Gasteiger partial charge in [0, 0.05) is 39.5 Å². The molecular formula is C23H16BrN5O4. The summed E-state index contributed by atoms with van der Waals surface area (Å²) in [6.07, 6.45) is 3.19. The molecule has 0 aliphatic heterocycles. The van der Waals surface area contributed by atoms with E-state index in [2.05, 4.69) is 31.6 Å². The SMILES string of the molecule is O=C(N/N=C\c1cn(-c2ccc([N+](=O)[O-])cc2)nc1-c1ccc(Br)cc1)c1ccc(O)cc1. The largest absolute Gasteiger partial charge is 0.508 e. The van der Waals surface area contributed by atoms with Gasteiger partial charge < -0.3 is 5.11 Å². The van der Waals surface area contributed by atoms with Crippen molar-refractivity contribution in [2.75, 3.05) is 0 Å². The van der Waals surface area contributed by atoms with E-state index >= 15 is 0 Å². The summed E-state index contributed by atoms with van der Waals surface area (Å²) in [7, 11) is 0. The molecule has 1 heterocycles. The number of rotatable bonds is 6. The van der Waals surface area contributed by atoms with E-state index in [-0.39, 0.29) is 11.4 Å². The van der Waals surface area contributed by atoms with Gasteiger partial charge in [-0.3, -0.25) is 14.9 Å². The van der Waals surface area contributed by atoms with Gasteiger partial charge in [-0.1, -0.05) is 28.1 Å². The fourth-order valence-corrected chi connectivity index (χ4v) is 3.28. The highest BCUT2D eigenvalue weighted by molar-refractivity contribution is 9.10. The Morgan fingerprint density at radius 2 is 1.73 bits per heavy atom. The lowest BCUT2D eigenvalue weighted by atomic mass is 10.1. The number of nitro groups is 1. The highest BCUT2D eigenvalue weighted by atomic mass is 79.9. The normalized spacial score (nSPS) is 10.9. The van der Waals surface area contributed by atoms with Crippen molar-refractivity contribution in [3.8, 4) is 22.7 Å². The molecule has 0 atom stereocenters. The zero-order chi connectivity index (χ0) is 23.4. The van der Waals surface area contributed by atoms with Crippen LogP contribution in [0.1, 0.15) is 15.9 Å². The second kappa shape index (κ2) is 9.45. The van der Waals surface area contributed by atoms with E-state index < -0.39 is 10.8 Å². The van der Waals surface area contributed by atoms with E-state index in [0.717, 1.165) is 10.0 Å². The molecule has 0 aliphatic rings. The average Bonchev–Trinajstić information content (AvgIpc) is 3.24. The molecule has 0 aliphatic carbocycles. The number of non-ortho nitro benzene ring substituents is 1. The lowest BCUT2D eigenvalue weighted by Gasteiger charge is -2.01. The first-order valence-electron chi connectivity index (χ1n) is 9.63. The van der Waals surface area contributed by atoms with Gasteiger partial charge >= 0.3 is 0 Å². The number of hydrogen-bond acceptors (Lipinski definition) is 6. The van der Waals surface area contributed by atoms with Gasteiger partial charge in [-0.15, -0.1) is 0 Å². The summed E-state index contributed by atoms with van der Waals surface area (Å²) in [5.74, 6) is -0.368. The van der Waals surface area contributed by atoms with Crippen molar-refractivity contribution >= 4 is 33.7 Å². The Balaban J connectivity index is 1.64. The third-order valence-corrected chi connectivity index (χ3v) is 5.21. The van der Waals surface area contributed by atoms with Crippen molar-refractivity contribution in [3.05, 3.63) is 105 Å². The fraction of sp³-hybridized carbons (Fsp3) is 0. The summed E-state index contributed by atoms with van der Waals surface area (Å²) in [6.45, 7) is 0. The number of phenolic OH excluding ortho intramolecular Hbond substituents is 1. The van der Waals surface area contributed by atoms with E-state index in [1.165, 1.54) is 42.6 Å². The second-order valence-electron chi connectivity index (χ2n) is 6.90. The molecule has 0 fully saturated rings. The number of nitrogens with one attached hydrogen (secondary N) is 1. The molecule has 10 heteroatoms. The van der Waals surface area contributed by atoms with Crippen molar-refractivity contribution in [1.82, 2.24) is 15.2 Å². The first-order chi connectivity index (χ1) is 15.9. The number of carbonyl (C=O) groups is 1. The third-order valence-electron chi connectivity index (χ3n) is 4.68. The maximum atomic E-state index is 12.3. The van der Waals surface area contributed by atoms with Crippen molar-refractivity contribution in [1.29, 1.82) is 0 Å². The predicted molar refractivity (Wildman–Crippen MR) is 127 cm³/mol. The van der Waals surface area contributed by atoms with Crippen LogP contribution in [0.4, 0.5) is 5.69 Å². The summed E-state index contributed by atoms with van der Waals surface area (Å²) in [6, 6.07) is 19.4. The Bertz CT molecular complexity index is 1330. The minimum Gasteiger partial charge on any atom is -0.508 e. The number of nitro benzene ring substituents is 1. The lowest BCUT2D eigenvalue weighted by molar-refractivity contribution is -0.384. The maximum Gasteiger partial charge on any atom is 0.271 e. The smallest absolute Gasteiger partial charge is 0.271 e. The van der Waals surface area contributed by atoms with Crippen LogP contribution in [0.25, 0.3) is 16.9 Å². The molecule has 0 bridgehead atoms. The Morgan fingerprint density at radius 3 is 2.36 bits per heavy atom. The number of halogens is 1. The van der Waals surface area contributed by atoms with Crippen LogP contribution < -0.4 is 5.43 Å². The molecule has 4 aromatic rings. The quantitative estimate of drug-likeness (QED) is 0.223. The summed E-state index contributed by atoms with van der Waals surface area (Å²) in [4.78, 5) is 22.7. The number of amides is 1. The van der Waals surface area contributed by atoms with Crippen molar-refractivity contribution in [2.45, 2.75) is 0 Å². The van der Waals surface area contributed by atoms with Gasteiger partial charge in [0.15, 0.2) is 0 Å². The summed E-state index contributed by atoms with van der Waals surface area (Å²) < 4.78 is 2.50. The lowest BCUT2D eigenvalue weighted by Crippen LogP contribution is -2.17. The number of nitrogens with zero attached hydrogens (tertiary/aromatic N) is 4. The Hall–Kier alpha value is -4.31. The molecule has 0 unspecified atom stereocenters. The molecule has 0 saturated heterocycles. The van der Waals surface area contributed by atoms with Crippen LogP contribution in [-0.4, -0.2) is 31.9 Å². The fourth-order valence-electron chi connectivity index (χ4n) is 3.01. The minimum atomic E-state index is -0.463. The topological polar surface area (TPSA) is 123 Å². The number of benzene rings is 3. The van der Waals surface area contributed by atoms with Gasteiger partial charge in [-0.05, 0) is 48.5 Å². The van der Waals surface area contributed by atoms with Gasteiger partial charge in [0.2, 0.25) is 0 Å². The van der Waals surface area contributed by atoms with Crippen molar-refractivity contribution in [3.63, 3.8) is 0 Å².